The molecule has 7 nitrogen and oxygen atoms in total. The van der Waals surface area contributed by atoms with Gasteiger partial charge < -0.3 is 10.2 Å². The van der Waals surface area contributed by atoms with Gasteiger partial charge in [0.15, 0.2) is 0 Å². The Morgan fingerprint density at radius 1 is 0.837 bits per heavy atom. The number of carbonyl (C=O) groups excluding carboxylic acids is 2. The smallest absolute Gasteiger partial charge is 0.264 e. The molecule has 4 rings (SSSR count). The van der Waals surface area contributed by atoms with Gasteiger partial charge in [0.1, 0.15) is 12.6 Å². The molecule has 4 aromatic carbocycles. The number of hydrogen-bond acceptors (Lipinski definition) is 4. The third kappa shape index (κ3) is 7.96. The van der Waals surface area contributed by atoms with Gasteiger partial charge in [-0.15, -0.1) is 0 Å². The molecule has 0 heterocycles. The summed E-state index contributed by atoms with van der Waals surface area (Å²) >= 11 is 12.6. The summed E-state index contributed by atoms with van der Waals surface area (Å²) in [5, 5.41) is 3.11. The number of sulfonamides is 1. The zero-order valence-electron chi connectivity index (χ0n) is 24.1. The second kappa shape index (κ2) is 14.1. The van der Waals surface area contributed by atoms with Crippen LogP contribution in [-0.2, 0) is 32.6 Å². The number of rotatable bonds is 11. The molecule has 0 radical (unpaired) electrons. The summed E-state index contributed by atoms with van der Waals surface area (Å²) in [5.41, 5.74) is 3.62. The molecule has 0 aliphatic heterocycles. The maximum Gasteiger partial charge on any atom is 0.264 e. The van der Waals surface area contributed by atoms with Crippen LogP contribution < -0.4 is 9.62 Å². The number of likely N-dealkylation sites (N-methyl/N-ethyl adjacent to an activating group) is 1. The first-order valence-corrected chi connectivity index (χ1v) is 15.8. The molecule has 43 heavy (non-hydrogen) atoms. The van der Waals surface area contributed by atoms with Crippen LogP contribution in [0.2, 0.25) is 10.0 Å². The van der Waals surface area contributed by atoms with Gasteiger partial charge in [0.05, 0.1) is 10.6 Å². The molecule has 0 saturated heterocycles. The number of amides is 2. The molecule has 2 amide bonds. The van der Waals surface area contributed by atoms with Gasteiger partial charge in [-0.1, -0.05) is 95.5 Å². The fourth-order valence-electron chi connectivity index (χ4n) is 4.74. The van der Waals surface area contributed by atoms with Crippen LogP contribution >= 0.6 is 23.2 Å². The van der Waals surface area contributed by atoms with Crippen LogP contribution in [0, 0.1) is 13.8 Å². The molecule has 0 bridgehead atoms. The summed E-state index contributed by atoms with van der Waals surface area (Å²) in [6.45, 7) is 3.27. The van der Waals surface area contributed by atoms with Crippen molar-refractivity contribution in [2.45, 2.75) is 37.8 Å². The second-order valence-electron chi connectivity index (χ2n) is 10.2. The largest absolute Gasteiger partial charge is 0.357 e. The van der Waals surface area contributed by atoms with E-state index in [4.69, 9.17) is 23.2 Å². The van der Waals surface area contributed by atoms with E-state index in [0.717, 1.165) is 26.6 Å². The Kier molecular flexibility index (Phi) is 10.5. The predicted molar refractivity (Wildman–Crippen MR) is 172 cm³/mol. The standard InChI is InChI=1S/C33H33Cl2N3O4S/c1-23-13-15-30(16-14-23)43(41,42)38(29-19-27(34)18-28(35)20-29)22-32(39)37(21-26-12-8-7-9-24(26)2)31(33(40)36-3)17-25-10-5-4-6-11-25/h4-16,18-20,31H,17,21-22H2,1-3H3,(H,36,40). The van der Waals surface area contributed by atoms with E-state index < -0.39 is 28.5 Å². The van der Waals surface area contributed by atoms with Crippen LogP contribution in [0.25, 0.3) is 0 Å². The zero-order valence-corrected chi connectivity index (χ0v) is 26.5. The Labute approximate surface area is 263 Å². The maximum absolute atomic E-state index is 14.4. The van der Waals surface area contributed by atoms with Gasteiger partial charge in [-0.2, -0.15) is 0 Å². The highest BCUT2D eigenvalue weighted by Gasteiger charge is 2.34. The number of carbonyl (C=O) groups is 2. The lowest BCUT2D eigenvalue weighted by Crippen LogP contribution is -2.53. The minimum Gasteiger partial charge on any atom is -0.357 e. The summed E-state index contributed by atoms with van der Waals surface area (Å²) in [4.78, 5) is 29.2. The summed E-state index contributed by atoms with van der Waals surface area (Å²) in [7, 11) is -2.74. The van der Waals surface area contributed by atoms with Crippen LogP contribution in [0.4, 0.5) is 5.69 Å². The van der Waals surface area contributed by atoms with Crippen molar-refractivity contribution in [2.75, 3.05) is 17.9 Å². The van der Waals surface area contributed by atoms with Crippen LogP contribution in [-0.4, -0.2) is 44.8 Å². The molecule has 224 valence electrons. The predicted octanol–water partition coefficient (Wildman–Crippen LogP) is 6.19. The van der Waals surface area contributed by atoms with Crippen LogP contribution in [0.1, 0.15) is 22.3 Å². The van der Waals surface area contributed by atoms with E-state index in [1.807, 2.05) is 68.4 Å². The highest BCUT2D eigenvalue weighted by atomic mass is 35.5. The van der Waals surface area contributed by atoms with Crippen molar-refractivity contribution in [3.8, 4) is 0 Å². The van der Waals surface area contributed by atoms with Gasteiger partial charge in [-0.25, -0.2) is 8.42 Å². The number of nitrogens with one attached hydrogen (secondary N) is 1. The van der Waals surface area contributed by atoms with Crippen molar-refractivity contribution < 1.29 is 18.0 Å². The normalized spacial score (nSPS) is 11.9. The van der Waals surface area contributed by atoms with E-state index in [-0.39, 0.29) is 39.5 Å². The topological polar surface area (TPSA) is 86.8 Å². The van der Waals surface area contributed by atoms with Crippen LogP contribution in [0.5, 0.6) is 0 Å². The molecule has 0 aromatic heterocycles. The van der Waals surface area contributed by atoms with Gasteiger partial charge in [-0.05, 0) is 60.9 Å². The number of hydrogen-bond donors (Lipinski definition) is 1. The number of anilines is 1. The lowest BCUT2D eigenvalue weighted by Gasteiger charge is -2.34. The Morgan fingerprint density at radius 2 is 1.44 bits per heavy atom. The maximum atomic E-state index is 14.4. The van der Waals surface area contributed by atoms with Crippen LogP contribution in [0.15, 0.2) is 102 Å². The van der Waals surface area contributed by atoms with Gasteiger partial charge >= 0.3 is 0 Å². The minimum atomic E-state index is -4.26. The Bertz CT molecular complexity index is 1680. The monoisotopic (exact) mass is 637 g/mol. The first-order valence-electron chi connectivity index (χ1n) is 13.6. The van der Waals surface area contributed by atoms with E-state index in [1.165, 1.54) is 42.3 Å². The molecule has 1 atom stereocenters. The zero-order chi connectivity index (χ0) is 31.1. The highest BCUT2D eigenvalue weighted by Crippen LogP contribution is 2.30. The van der Waals surface area contributed by atoms with Crippen molar-refractivity contribution in [3.05, 3.63) is 129 Å². The van der Waals surface area contributed by atoms with E-state index in [2.05, 4.69) is 5.32 Å². The number of nitrogens with zero attached hydrogens (tertiary/aromatic N) is 2. The Morgan fingerprint density at radius 3 is 2.05 bits per heavy atom. The SMILES string of the molecule is CNC(=O)C(Cc1ccccc1)N(Cc1ccccc1C)C(=O)CN(c1cc(Cl)cc(Cl)c1)S(=O)(=O)c1ccc(C)cc1. The third-order valence-corrected chi connectivity index (χ3v) is 9.37. The first-order chi connectivity index (χ1) is 20.5. The first kappa shape index (κ1) is 32.1. The highest BCUT2D eigenvalue weighted by molar-refractivity contribution is 7.92. The second-order valence-corrected chi connectivity index (χ2v) is 13.0. The molecule has 0 fully saturated rings. The van der Waals surface area contributed by atoms with Gasteiger partial charge in [0.25, 0.3) is 10.0 Å². The van der Waals surface area contributed by atoms with Crippen molar-refractivity contribution in [1.82, 2.24) is 10.2 Å². The molecule has 0 spiro atoms. The Balaban J connectivity index is 1.82. The molecule has 4 aromatic rings. The van der Waals surface area contributed by atoms with E-state index in [0.29, 0.717) is 0 Å². The van der Waals surface area contributed by atoms with Crippen LogP contribution in [0.3, 0.4) is 0 Å². The summed E-state index contributed by atoms with van der Waals surface area (Å²) < 4.78 is 29.1. The fraction of sp³-hybridized carbons (Fsp3) is 0.212. The minimum absolute atomic E-state index is 0.000381. The van der Waals surface area contributed by atoms with Crippen molar-refractivity contribution >= 4 is 50.7 Å². The quantitative estimate of drug-likeness (QED) is 0.212. The molecule has 0 saturated carbocycles. The Hall–Kier alpha value is -3.85. The van der Waals surface area contributed by atoms with Gasteiger partial charge in [0.2, 0.25) is 11.8 Å². The lowest BCUT2D eigenvalue weighted by molar-refractivity contribution is -0.139. The van der Waals surface area contributed by atoms with Crippen molar-refractivity contribution in [3.63, 3.8) is 0 Å². The fourth-order valence-corrected chi connectivity index (χ4v) is 6.65. The average molecular weight is 639 g/mol. The number of benzene rings is 4. The molecular formula is C33H33Cl2N3O4S. The number of halogens is 2. The molecule has 1 N–H and O–H groups in total. The molecule has 0 aliphatic carbocycles. The van der Waals surface area contributed by atoms with Crippen molar-refractivity contribution in [1.29, 1.82) is 0 Å². The molecule has 10 heteroatoms. The third-order valence-electron chi connectivity index (χ3n) is 7.14. The lowest BCUT2D eigenvalue weighted by atomic mass is 10.0. The summed E-state index contributed by atoms with van der Waals surface area (Å²) in [6, 6.07) is 26.7. The molecular weight excluding hydrogens is 605 g/mol. The summed E-state index contributed by atoms with van der Waals surface area (Å²) in [5.74, 6) is -0.941. The van der Waals surface area contributed by atoms with Gasteiger partial charge in [0, 0.05) is 30.1 Å². The van der Waals surface area contributed by atoms with E-state index in [1.54, 1.807) is 12.1 Å². The van der Waals surface area contributed by atoms with E-state index >= 15 is 0 Å². The van der Waals surface area contributed by atoms with E-state index in [9.17, 15) is 18.0 Å². The molecule has 0 aliphatic rings. The number of aryl methyl sites for hydroxylation is 2. The summed E-state index contributed by atoms with van der Waals surface area (Å²) in [6.07, 6.45) is 0.228. The molecule has 1 unspecified atom stereocenters. The van der Waals surface area contributed by atoms with Gasteiger partial charge in [-0.3, -0.25) is 13.9 Å². The van der Waals surface area contributed by atoms with Crippen molar-refractivity contribution in [2.24, 2.45) is 0 Å². The average Bonchev–Trinajstić information content (AvgIpc) is 2.98.